The molecule has 3 N–H and O–H groups in total. The molecule has 0 aromatic carbocycles. The second-order valence-corrected chi connectivity index (χ2v) is 20.2. The topological polar surface area (TPSA) is 173 Å². The van der Waals surface area contributed by atoms with Crippen LogP contribution in [0.3, 0.4) is 0 Å². The number of carboxylic acid groups (broad SMARTS) is 1. The van der Waals surface area contributed by atoms with Crippen LogP contribution in [-0.2, 0) is 33.3 Å². The molecule has 0 saturated carbocycles. The summed E-state index contributed by atoms with van der Waals surface area (Å²) in [6, 6.07) is 1.12. The standard InChI is InChI=1S/C47H73NO11S.Na/c1-11-33(43(52)53)35-15-14-26(4)40(56-35)30(8)38(49)29(7)39(50)34(12-2)41-27(5)24-28(6)46(57-41)20-16-36(48-42(51)32-18-23-60-25-32)47(59-46)22-21-44(10,58-47)37-17-19-45(54,13-3)31(9)55-37;/h16,18,20,23,25-31,33-38,40-41,49,54H,11-15,17,19,21-22,24H2,1-10H3,(H,48,51)(H,52,53);/q;+1/p-1/t26-,27-,28+,29-,30-,31-,33+,34-,35+,36-,37+,38+,40+,41-,44-,45+,46-,47-;/m0./s1. The zero-order chi connectivity index (χ0) is 43.9. The number of nitrogens with one attached hydrogen (secondary N) is 1. The van der Waals surface area contributed by atoms with Crippen molar-refractivity contribution in [1.82, 2.24) is 5.32 Å². The van der Waals surface area contributed by atoms with Crippen molar-refractivity contribution < 1.29 is 82.9 Å². The fourth-order valence-corrected chi connectivity index (χ4v) is 11.9. The molecule has 14 heteroatoms. The van der Waals surface area contributed by atoms with E-state index in [-0.39, 0.29) is 71.2 Å². The molecule has 4 saturated heterocycles. The van der Waals surface area contributed by atoms with Gasteiger partial charge in [-0.2, -0.15) is 11.3 Å². The summed E-state index contributed by atoms with van der Waals surface area (Å²) in [6.45, 7) is 19.6. The van der Waals surface area contributed by atoms with E-state index < -0.39 is 82.9 Å². The Kier molecular flexibility index (Phi) is 16.7. The van der Waals surface area contributed by atoms with Gasteiger partial charge in [0.25, 0.3) is 5.91 Å². The summed E-state index contributed by atoms with van der Waals surface area (Å²) in [7, 11) is 0. The quantitative estimate of drug-likeness (QED) is 0.185. The van der Waals surface area contributed by atoms with Crippen molar-refractivity contribution in [2.45, 2.75) is 199 Å². The minimum absolute atomic E-state index is 0. The summed E-state index contributed by atoms with van der Waals surface area (Å²) in [6.07, 6.45) is 6.35. The number of ketones is 1. The van der Waals surface area contributed by atoms with Gasteiger partial charge < -0.3 is 49.1 Å². The Bertz CT molecular complexity index is 1700. The van der Waals surface area contributed by atoms with Gasteiger partial charge in [0.15, 0.2) is 11.6 Å². The van der Waals surface area contributed by atoms with Crippen molar-refractivity contribution in [1.29, 1.82) is 0 Å². The van der Waals surface area contributed by atoms with Crippen LogP contribution in [0, 0.1) is 41.4 Å². The van der Waals surface area contributed by atoms with Crippen LogP contribution in [0.2, 0.25) is 0 Å². The first-order chi connectivity index (χ1) is 28.3. The SMILES string of the molecule is CC[C@@H](C(=O)[C@@H](C)[C@@H](O)[C@H](C)[C@@H]1O[C@@H]([C@@H](CC)C(=O)[O-])CC[C@@H]1C)[C@H]1O[C@]2(C=C[C@H](NC(=O)c3ccsc3)[C@]3(CC[C@@](C)([C@H]4CC[C@](O)(CC)[C@H](C)O4)O3)O2)[C@H](C)C[C@@H]1C.[Na+]. The van der Waals surface area contributed by atoms with Crippen LogP contribution in [0.25, 0.3) is 0 Å². The summed E-state index contributed by atoms with van der Waals surface area (Å²) in [5, 5.41) is 41.8. The number of rotatable bonds is 14. The van der Waals surface area contributed by atoms with Crippen LogP contribution in [-0.4, -0.2) is 93.3 Å². The second kappa shape index (κ2) is 20.1. The molecule has 0 unspecified atom stereocenters. The Morgan fingerprint density at radius 1 is 0.951 bits per heavy atom. The molecular formula is C47H72NNaO11S. The van der Waals surface area contributed by atoms with E-state index in [1.165, 1.54) is 11.3 Å². The summed E-state index contributed by atoms with van der Waals surface area (Å²) < 4.78 is 34.5. The monoisotopic (exact) mass is 881 g/mol. The average molecular weight is 882 g/mol. The number of aliphatic hydroxyl groups excluding tert-OH is 1. The van der Waals surface area contributed by atoms with Gasteiger partial charge >= 0.3 is 29.6 Å². The van der Waals surface area contributed by atoms with Gasteiger partial charge in [-0.15, -0.1) is 0 Å². The smallest absolute Gasteiger partial charge is 0.550 e. The first-order valence-electron chi connectivity index (χ1n) is 22.8. The number of carbonyl (C=O) groups is 3. The van der Waals surface area contributed by atoms with Gasteiger partial charge in [0.1, 0.15) is 11.8 Å². The van der Waals surface area contributed by atoms with E-state index in [2.05, 4.69) is 26.1 Å². The zero-order valence-corrected chi connectivity index (χ0v) is 41.3. The molecule has 1 amide bonds. The Labute approximate surface area is 389 Å². The number of carboxylic acids is 1. The molecule has 6 rings (SSSR count). The van der Waals surface area contributed by atoms with Crippen molar-refractivity contribution in [3.8, 4) is 0 Å². The van der Waals surface area contributed by atoms with Gasteiger partial charge in [0, 0.05) is 47.4 Å². The summed E-state index contributed by atoms with van der Waals surface area (Å²) in [4.78, 5) is 40.2. The molecular weight excluding hydrogens is 810 g/mol. The van der Waals surface area contributed by atoms with E-state index >= 15 is 0 Å². The molecule has 338 valence electrons. The van der Waals surface area contributed by atoms with Crippen LogP contribution in [0.15, 0.2) is 29.0 Å². The minimum Gasteiger partial charge on any atom is -0.550 e. The molecule has 12 nitrogen and oxygen atoms in total. The van der Waals surface area contributed by atoms with E-state index in [9.17, 15) is 29.7 Å². The molecule has 1 aromatic rings. The maximum absolute atomic E-state index is 14.7. The minimum atomic E-state index is -1.33. The largest absolute Gasteiger partial charge is 1.00 e. The third-order valence-electron chi connectivity index (χ3n) is 15.5. The first kappa shape index (κ1) is 50.8. The van der Waals surface area contributed by atoms with E-state index in [1.54, 1.807) is 18.4 Å². The number of Topliss-reactive ketones (excluding diaryl/α,β-unsaturated/α-hetero) is 1. The summed E-state index contributed by atoms with van der Waals surface area (Å²) in [5.41, 5.74) is -1.16. The molecule has 6 heterocycles. The zero-order valence-electron chi connectivity index (χ0n) is 38.5. The molecule has 18 atom stereocenters. The number of aliphatic hydroxyl groups is 2. The number of carbonyl (C=O) groups excluding carboxylic acids is 3. The normalized spacial score (nSPS) is 41.3. The number of aliphatic carboxylic acids is 1. The molecule has 2 spiro atoms. The molecule has 5 aliphatic heterocycles. The number of ether oxygens (including phenoxy) is 5. The maximum Gasteiger partial charge on any atom is 1.00 e. The van der Waals surface area contributed by atoms with Crippen molar-refractivity contribution >= 4 is 29.0 Å². The van der Waals surface area contributed by atoms with Gasteiger partial charge in [-0.25, -0.2) is 0 Å². The third-order valence-corrected chi connectivity index (χ3v) is 16.2. The molecule has 1 aromatic heterocycles. The number of amides is 1. The fourth-order valence-electron chi connectivity index (χ4n) is 11.3. The van der Waals surface area contributed by atoms with Crippen LogP contribution in [0.1, 0.15) is 144 Å². The van der Waals surface area contributed by atoms with Crippen molar-refractivity contribution in [3.05, 3.63) is 34.5 Å². The number of hydrogen-bond acceptors (Lipinski definition) is 12. The maximum atomic E-state index is 14.7. The fraction of sp³-hybridized carbons (Fsp3) is 0.809. The summed E-state index contributed by atoms with van der Waals surface area (Å²) >= 11 is 1.44. The van der Waals surface area contributed by atoms with E-state index in [4.69, 9.17) is 23.7 Å². The first-order valence-corrected chi connectivity index (χ1v) is 23.8. The predicted molar refractivity (Wildman–Crippen MR) is 226 cm³/mol. The number of thiophene rings is 1. The molecule has 61 heavy (non-hydrogen) atoms. The van der Waals surface area contributed by atoms with Gasteiger partial charge in [-0.3, -0.25) is 9.59 Å². The molecule has 0 radical (unpaired) electrons. The van der Waals surface area contributed by atoms with Crippen LogP contribution in [0.5, 0.6) is 0 Å². The van der Waals surface area contributed by atoms with E-state index in [0.717, 1.165) is 6.42 Å². The van der Waals surface area contributed by atoms with Gasteiger partial charge in [0.2, 0.25) is 0 Å². The molecule has 0 aliphatic carbocycles. The van der Waals surface area contributed by atoms with Crippen LogP contribution in [0.4, 0.5) is 0 Å². The van der Waals surface area contributed by atoms with Crippen LogP contribution >= 0.6 is 11.3 Å². The molecule has 0 bridgehead atoms. The van der Waals surface area contributed by atoms with E-state index in [0.29, 0.717) is 63.4 Å². The Hall–Kier alpha value is -1.23. The Balaban J connectivity index is 0.00000704. The van der Waals surface area contributed by atoms with Crippen molar-refractivity contribution in [3.63, 3.8) is 0 Å². The van der Waals surface area contributed by atoms with Gasteiger partial charge in [0.05, 0.1) is 53.4 Å². The molecule has 5 aliphatic rings. The van der Waals surface area contributed by atoms with Crippen molar-refractivity contribution in [2.75, 3.05) is 0 Å². The van der Waals surface area contributed by atoms with Gasteiger partial charge in [-0.05, 0) is 101 Å². The van der Waals surface area contributed by atoms with E-state index in [1.807, 2.05) is 59.1 Å². The number of hydrogen-bond donors (Lipinski definition) is 3. The van der Waals surface area contributed by atoms with Gasteiger partial charge in [-0.1, -0.05) is 61.5 Å². The second-order valence-electron chi connectivity index (χ2n) is 19.4. The van der Waals surface area contributed by atoms with Crippen molar-refractivity contribution in [2.24, 2.45) is 41.4 Å². The van der Waals surface area contributed by atoms with Crippen LogP contribution < -0.4 is 40.0 Å². The predicted octanol–water partition coefficient (Wildman–Crippen LogP) is 3.36. The summed E-state index contributed by atoms with van der Waals surface area (Å²) in [5.74, 6) is -6.64. The Morgan fingerprint density at radius 3 is 2.26 bits per heavy atom. The Morgan fingerprint density at radius 2 is 1.66 bits per heavy atom. The third kappa shape index (κ3) is 9.98. The molecule has 4 fully saturated rings. The average Bonchev–Trinajstić information content (AvgIpc) is 3.88.